The van der Waals surface area contributed by atoms with Crippen molar-refractivity contribution in [3.8, 4) is 11.5 Å². The monoisotopic (exact) mass is 340 g/mol. The van der Waals surface area contributed by atoms with Gasteiger partial charge in [0, 0.05) is 29.4 Å². The lowest BCUT2D eigenvalue weighted by Crippen LogP contribution is -2.50. The second-order valence-corrected chi connectivity index (χ2v) is 7.01. The Kier molecular flexibility index (Phi) is 5.19. The lowest BCUT2D eigenvalue weighted by atomic mass is 9.87. The molecule has 0 radical (unpaired) electrons. The Balaban J connectivity index is 2.08. The Bertz CT molecular complexity index is 717. The van der Waals surface area contributed by atoms with Crippen LogP contribution in [0.2, 0.25) is 0 Å². The quantitative estimate of drug-likeness (QED) is 0.476. The Hall–Kier alpha value is -2.20. The van der Waals surface area contributed by atoms with Crippen LogP contribution < -0.4 is 10.6 Å². The molecular weight excluding hydrogens is 312 g/mol. The summed E-state index contributed by atoms with van der Waals surface area (Å²) in [6, 6.07) is 13.6. The van der Waals surface area contributed by atoms with Gasteiger partial charge in [0.25, 0.3) is 0 Å². The van der Waals surface area contributed by atoms with Crippen LogP contribution in [0.4, 0.5) is 5.69 Å². The fraction of sp³-hybridized carbons (Fsp3) is 0.429. The average Bonchev–Trinajstić information content (AvgIpc) is 2.79. The second-order valence-electron chi connectivity index (χ2n) is 7.01. The number of hydrogen-bond donors (Lipinski definition) is 4. The van der Waals surface area contributed by atoms with E-state index in [1.54, 1.807) is 12.1 Å². The Morgan fingerprint density at radius 2 is 1.80 bits per heavy atom. The van der Waals surface area contributed by atoms with E-state index in [0.29, 0.717) is 0 Å². The molecule has 0 aliphatic carbocycles. The molecule has 0 unspecified atom stereocenters. The van der Waals surface area contributed by atoms with Crippen LogP contribution in [0.1, 0.15) is 56.7 Å². The molecule has 1 heterocycles. The van der Waals surface area contributed by atoms with Crippen LogP contribution in [0, 0.1) is 0 Å². The van der Waals surface area contributed by atoms with Gasteiger partial charge in [0.15, 0.2) is 11.5 Å². The maximum absolute atomic E-state index is 10.1. The summed E-state index contributed by atoms with van der Waals surface area (Å²) in [6.45, 7) is 5.23. The summed E-state index contributed by atoms with van der Waals surface area (Å²) < 4.78 is 0. The lowest BCUT2D eigenvalue weighted by molar-refractivity contribution is 0.283. The van der Waals surface area contributed by atoms with Crippen molar-refractivity contribution in [3.63, 3.8) is 0 Å². The number of rotatable bonds is 5. The first-order valence-electron chi connectivity index (χ1n) is 9.21. The van der Waals surface area contributed by atoms with Gasteiger partial charge in [-0.2, -0.15) is 0 Å². The molecule has 25 heavy (non-hydrogen) atoms. The summed E-state index contributed by atoms with van der Waals surface area (Å²) in [5, 5.41) is 27.4. The highest BCUT2D eigenvalue weighted by Crippen LogP contribution is 2.40. The van der Waals surface area contributed by atoms with Crippen molar-refractivity contribution in [3.05, 3.63) is 53.6 Å². The lowest BCUT2D eigenvalue weighted by Gasteiger charge is -2.36. The molecule has 0 fully saturated rings. The van der Waals surface area contributed by atoms with E-state index in [4.69, 9.17) is 0 Å². The number of unbranched alkanes of at least 4 members (excludes halogenated alkanes) is 1. The third-order valence-corrected chi connectivity index (χ3v) is 5.34. The number of anilines is 1. The van der Waals surface area contributed by atoms with Gasteiger partial charge in [-0.05, 0) is 24.5 Å². The third-order valence-electron chi connectivity index (χ3n) is 5.34. The number of phenols is 2. The zero-order chi connectivity index (χ0) is 17.9. The molecule has 134 valence electrons. The van der Waals surface area contributed by atoms with Gasteiger partial charge in [-0.15, -0.1) is 0 Å². The van der Waals surface area contributed by atoms with Gasteiger partial charge in [-0.3, -0.25) is 5.32 Å². The van der Waals surface area contributed by atoms with E-state index in [1.807, 2.05) is 18.2 Å². The molecule has 0 aromatic heterocycles. The van der Waals surface area contributed by atoms with Crippen molar-refractivity contribution in [2.45, 2.75) is 51.1 Å². The molecule has 3 rings (SSSR count). The minimum Gasteiger partial charge on any atom is -0.504 e. The first-order valence-corrected chi connectivity index (χ1v) is 9.21. The molecule has 0 spiro atoms. The molecule has 0 bridgehead atoms. The molecule has 2 aromatic carbocycles. The van der Waals surface area contributed by atoms with Gasteiger partial charge in [0.1, 0.15) is 0 Å². The molecule has 1 aliphatic rings. The molecule has 0 saturated heterocycles. The van der Waals surface area contributed by atoms with Gasteiger partial charge in [0.05, 0.1) is 6.04 Å². The largest absolute Gasteiger partial charge is 0.504 e. The van der Waals surface area contributed by atoms with Crippen molar-refractivity contribution in [2.24, 2.45) is 0 Å². The van der Waals surface area contributed by atoms with E-state index in [-0.39, 0.29) is 23.1 Å². The molecular formula is C21H28N2O2. The summed E-state index contributed by atoms with van der Waals surface area (Å²) in [5.41, 5.74) is 2.98. The van der Waals surface area contributed by atoms with Crippen LogP contribution in [0.15, 0.2) is 42.5 Å². The molecule has 4 N–H and O–H groups in total. The number of benzene rings is 2. The molecule has 0 amide bonds. The normalized spacial score (nSPS) is 22.7. The molecule has 0 saturated carbocycles. The Morgan fingerprint density at radius 1 is 1.08 bits per heavy atom. The summed E-state index contributed by atoms with van der Waals surface area (Å²) >= 11 is 0. The highest BCUT2D eigenvalue weighted by Gasteiger charge is 2.35. The van der Waals surface area contributed by atoms with Gasteiger partial charge < -0.3 is 15.5 Å². The van der Waals surface area contributed by atoms with E-state index in [2.05, 4.69) is 36.6 Å². The second kappa shape index (κ2) is 7.36. The standard InChI is InChI=1S/C21H28N2O2/c1-3-5-11-21(4-2)14-22-17-13-19(25)18(24)12-16(17)20(23-21)15-9-7-6-8-10-15/h6-10,12-13,20,22-25H,3-5,11,14H2,1-2H3/t20-,21-/m1/s1. The number of aromatic hydroxyl groups is 2. The smallest absolute Gasteiger partial charge is 0.159 e. The number of phenolic OH excluding ortho intramolecular Hbond substituents is 2. The van der Waals surface area contributed by atoms with Crippen LogP contribution in [-0.2, 0) is 0 Å². The number of nitrogens with one attached hydrogen (secondary N) is 2. The predicted molar refractivity (Wildman–Crippen MR) is 102 cm³/mol. The van der Waals surface area contributed by atoms with Crippen molar-refractivity contribution in [2.75, 3.05) is 11.9 Å². The zero-order valence-electron chi connectivity index (χ0n) is 15.0. The van der Waals surface area contributed by atoms with E-state index in [1.165, 1.54) is 0 Å². The summed E-state index contributed by atoms with van der Waals surface area (Å²) in [5.74, 6) is -0.170. The van der Waals surface area contributed by atoms with Gasteiger partial charge in [0.2, 0.25) is 0 Å². The van der Waals surface area contributed by atoms with Crippen LogP contribution in [0.5, 0.6) is 11.5 Å². The minimum absolute atomic E-state index is 0.0270. The molecule has 4 nitrogen and oxygen atoms in total. The number of fused-ring (bicyclic) bond motifs is 1. The van der Waals surface area contributed by atoms with Crippen LogP contribution in [-0.4, -0.2) is 22.3 Å². The minimum atomic E-state index is -0.0874. The van der Waals surface area contributed by atoms with Crippen molar-refractivity contribution in [1.29, 1.82) is 0 Å². The fourth-order valence-electron chi connectivity index (χ4n) is 3.67. The van der Waals surface area contributed by atoms with E-state index in [0.717, 1.165) is 49.0 Å². The van der Waals surface area contributed by atoms with Gasteiger partial charge >= 0.3 is 0 Å². The van der Waals surface area contributed by atoms with E-state index in [9.17, 15) is 10.2 Å². The average molecular weight is 340 g/mol. The molecule has 4 heteroatoms. The summed E-state index contributed by atoms with van der Waals surface area (Å²) in [6.07, 6.45) is 4.42. The zero-order valence-corrected chi connectivity index (χ0v) is 15.0. The van der Waals surface area contributed by atoms with Crippen molar-refractivity contribution < 1.29 is 10.2 Å². The van der Waals surface area contributed by atoms with Crippen LogP contribution >= 0.6 is 0 Å². The summed E-state index contributed by atoms with van der Waals surface area (Å²) in [4.78, 5) is 0. The van der Waals surface area contributed by atoms with Crippen LogP contribution in [0.3, 0.4) is 0 Å². The number of hydrogen-bond acceptors (Lipinski definition) is 4. The highest BCUT2D eigenvalue weighted by molar-refractivity contribution is 5.63. The van der Waals surface area contributed by atoms with Crippen LogP contribution in [0.25, 0.3) is 0 Å². The highest BCUT2D eigenvalue weighted by atomic mass is 16.3. The summed E-state index contributed by atoms with van der Waals surface area (Å²) in [7, 11) is 0. The maximum Gasteiger partial charge on any atom is 0.159 e. The van der Waals surface area contributed by atoms with Crippen molar-refractivity contribution in [1.82, 2.24) is 5.32 Å². The SMILES string of the molecule is CCCC[C@]1(CC)CNc2cc(O)c(O)cc2[C@@H](c2ccccc2)N1. The predicted octanol–water partition coefficient (Wildman–Crippen LogP) is 4.54. The fourth-order valence-corrected chi connectivity index (χ4v) is 3.67. The van der Waals surface area contributed by atoms with Gasteiger partial charge in [-0.25, -0.2) is 0 Å². The van der Waals surface area contributed by atoms with E-state index >= 15 is 0 Å². The first-order chi connectivity index (χ1) is 12.1. The molecule has 2 atom stereocenters. The Labute approximate surface area is 149 Å². The topological polar surface area (TPSA) is 64.5 Å². The van der Waals surface area contributed by atoms with E-state index < -0.39 is 0 Å². The molecule has 2 aromatic rings. The van der Waals surface area contributed by atoms with Gasteiger partial charge in [-0.1, -0.05) is 57.0 Å². The molecule has 1 aliphatic heterocycles. The van der Waals surface area contributed by atoms with Crippen molar-refractivity contribution >= 4 is 5.69 Å². The Morgan fingerprint density at radius 3 is 2.48 bits per heavy atom. The maximum atomic E-state index is 10.1. The third kappa shape index (κ3) is 3.59. The first kappa shape index (κ1) is 17.6.